The fraction of sp³-hybridized carbons (Fsp3) is 0.316. The van der Waals surface area contributed by atoms with Gasteiger partial charge in [0.05, 0.1) is 18.4 Å². The molecule has 2 N–H and O–H groups in total. The molecule has 2 heterocycles. The molecule has 9 nitrogen and oxygen atoms in total. The Labute approximate surface area is 171 Å². The Balaban J connectivity index is 1.68. The number of benzene rings is 1. The van der Waals surface area contributed by atoms with Crippen LogP contribution in [0.25, 0.3) is 0 Å². The lowest BCUT2D eigenvalue weighted by Crippen LogP contribution is -2.50. The Morgan fingerprint density at radius 3 is 2.34 bits per heavy atom. The van der Waals surface area contributed by atoms with Crippen molar-refractivity contribution >= 4 is 29.3 Å². The zero-order chi connectivity index (χ0) is 21.0. The number of carbonyl (C=O) groups is 3. The number of primary amides is 1. The molecule has 1 aromatic heterocycles. The number of hydrogen-bond acceptors (Lipinski definition) is 6. The maximum absolute atomic E-state index is 12.9. The molecule has 1 aromatic carbocycles. The number of methoxy groups -OCH3 is 1. The van der Waals surface area contributed by atoms with Crippen LogP contribution in [-0.2, 0) is 4.79 Å². The lowest BCUT2D eigenvalue weighted by Gasteiger charge is -2.34. The van der Waals surface area contributed by atoms with Crippen LogP contribution in [0.2, 0.25) is 5.02 Å². The van der Waals surface area contributed by atoms with Gasteiger partial charge in [-0.1, -0.05) is 11.6 Å². The van der Waals surface area contributed by atoms with Crippen molar-refractivity contribution in [3.05, 3.63) is 46.9 Å². The fourth-order valence-electron chi connectivity index (χ4n) is 2.98. The third-order valence-electron chi connectivity index (χ3n) is 4.42. The van der Waals surface area contributed by atoms with Crippen LogP contribution < -0.4 is 15.2 Å². The van der Waals surface area contributed by atoms with E-state index in [1.54, 1.807) is 21.9 Å². The number of hydrogen-bond donors (Lipinski definition) is 1. The van der Waals surface area contributed by atoms with Gasteiger partial charge in [0.25, 0.3) is 17.7 Å². The van der Waals surface area contributed by atoms with E-state index in [2.05, 4.69) is 0 Å². The highest BCUT2D eigenvalue weighted by atomic mass is 35.5. The summed E-state index contributed by atoms with van der Waals surface area (Å²) in [5.74, 6) is -0.496. The van der Waals surface area contributed by atoms with Crippen molar-refractivity contribution in [2.75, 3.05) is 39.9 Å². The van der Waals surface area contributed by atoms with Crippen molar-refractivity contribution in [1.29, 1.82) is 0 Å². The van der Waals surface area contributed by atoms with Crippen LogP contribution >= 0.6 is 11.6 Å². The second kappa shape index (κ2) is 8.87. The van der Waals surface area contributed by atoms with Crippen molar-refractivity contribution in [2.45, 2.75) is 0 Å². The quantitative estimate of drug-likeness (QED) is 0.753. The third-order valence-corrected chi connectivity index (χ3v) is 4.70. The van der Waals surface area contributed by atoms with Crippen LogP contribution in [0.3, 0.4) is 0 Å². The van der Waals surface area contributed by atoms with Gasteiger partial charge in [-0.25, -0.2) is 0 Å². The lowest BCUT2D eigenvalue weighted by molar-refractivity contribution is -0.119. The summed E-state index contributed by atoms with van der Waals surface area (Å²) in [6.45, 7) is 1.14. The number of nitrogens with two attached hydrogens (primary N) is 1. The van der Waals surface area contributed by atoms with Crippen LogP contribution in [0.4, 0.5) is 0 Å². The van der Waals surface area contributed by atoms with Crippen molar-refractivity contribution in [3.63, 3.8) is 0 Å². The largest absolute Gasteiger partial charge is 0.493 e. The smallest absolute Gasteiger partial charge is 0.289 e. The van der Waals surface area contributed by atoms with Crippen molar-refractivity contribution in [3.8, 4) is 11.5 Å². The van der Waals surface area contributed by atoms with Crippen LogP contribution in [0.5, 0.6) is 11.5 Å². The SMILES string of the molecule is COc1cc(C(=O)N2CCN(C(=O)c3ccco3)CC2)cc(Cl)c1OCC(N)=O. The van der Waals surface area contributed by atoms with Gasteiger partial charge in [-0.3, -0.25) is 14.4 Å². The molecule has 0 atom stereocenters. The molecule has 3 rings (SSSR count). The summed E-state index contributed by atoms with van der Waals surface area (Å²) >= 11 is 6.21. The maximum Gasteiger partial charge on any atom is 0.289 e. The Morgan fingerprint density at radius 1 is 1.14 bits per heavy atom. The van der Waals surface area contributed by atoms with E-state index >= 15 is 0 Å². The maximum atomic E-state index is 12.9. The van der Waals surface area contributed by atoms with Gasteiger partial charge < -0.3 is 29.4 Å². The Hall–Kier alpha value is -3.20. The summed E-state index contributed by atoms with van der Waals surface area (Å²) in [6, 6.07) is 6.20. The van der Waals surface area contributed by atoms with Crippen molar-refractivity contribution in [1.82, 2.24) is 9.80 Å². The summed E-state index contributed by atoms with van der Waals surface area (Å²) in [6.07, 6.45) is 1.45. The average molecular weight is 422 g/mol. The number of halogens is 1. The molecule has 1 fully saturated rings. The standard InChI is InChI=1S/C19H20ClN3O6/c1-27-15-10-12(9-13(20)17(15)29-11-16(21)24)18(25)22-4-6-23(7-5-22)19(26)14-3-2-8-28-14/h2-3,8-10H,4-7,11H2,1H3,(H2,21,24). The summed E-state index contributed by atoms with van der Waals surface area (Å²) in [7, 11) is 1.40. The summed E-state index contributed by atoms with van der Waals surface area (Å²) in [5, 5.41) is 0.126. The van der Waals surface area contributed by atoms with E-state index in [0.717, 1.165) is 0 Å². The molecule has 10 heteroatoms. The first-order chi connectivity index (χ1) is 13.9. The van der Waals surface area contributed by atoms with E-state index in [4.69, 9.17) is 31.2 Å². The Morgan fingerprint density at radius 2 is 1.79 bits per heavy atom. The fourth-order valence-corrected chi connectivity index (χ4v) is 3.24. The van der Waals surface area contributed by atoms with E-state index < -0.39 is 5.91 Å². The highest BCUT2D eigenvalue weighted by Gasteiger charge is 2.27. The summed E-state index contributed by atoms with van der Waals surface area (Å²) in [5.41, 5.74) is 5.39. The number of piperazine rings is 1. The minimum atomic E-state index is -0.662. The van der Waals surface area contributed by atoms with Gasteiger partial charge in [-0.2, -0.15) is 0 Å². The zero-order valence-electron chi connectivity index (χ0n) is 15.7. The van der Waals surface area contributed by atoms with Gasteiger partial charge >= 0.3 is 0 Å². The number of furan rings is 1. The second-order valence-corrected chi connectivity index (χ2v) is 6.71. The predicted molar refractivity (Wildman–Crippen MR) is 103 cm³/mol. The lowest BCUT2D eigenvalue weighted by atomic mass is 10.1. The zero-order valence-corrected chi connectivity index (χ0v) is 16.5. The minimum absolute atomic E-state index is 0.126. The average Bonchev–Trinajstić information content (AvgIpc) is 3.26. The molecule has 1 saturated heterocycles. The molecule has 0 bridgehead atoms. The van der Waals surface area contributed by atoms with Crippen LogP contribution in [-0.4, -0.2) is 67.4 Å². The topological polar surface area (TPSA) is 115 Å². The molecule has 0 spiro atoms. The van der Waals surface area contributed by atoms with Gasteiger partial charge in [0.15, 0.2) is 23.9 Å². The monoisotopic (exact) mass is 421 g/mol. The van der Waals surface area contributed by atoms with Crippen LogP contribution in [0.15, 0.2) is 34.9 Å². The third kappa shape index (κ3) is 4.62. The molecule has 2 aromatic rings. The molecule has 1 aliphatic heterocycles. The first-order valence-electron chi connectivity index (χ1n) is 8.81. The molecule has 154 valence electrons. The van der Waals surface area contributed by atoms with Crippen LogP contribution in [0, 0.1) is 0 Å². The molecule has 0 saturated carbocycles. The summed E-state index contributed by atoms with van der Waals surface area (Å²) < 4.78 is 15.6. The molecule has 0 aliphatic carbocycles. The van der Waals surface area contributed by atoms with Crippen LogP contribution in [0.1, 0.15) is 20.9 Å². The molecular formula is C19H20ClN3O6. The second-order valence-electron chi connectivity index (χ2n) is 6.31. The number of ether oxygens (including phenoxy) is 2. The number of amides is 3. The van der Waals surface area contributed by atoms with Gasteiger partial charge in [-0.15, -0.1) is 0 Å². The molecular weight excluding hydrogens is 402 g/mol. The number of carbonyl (C=O) groups excluding carboxylic acids is 3. The van der Waals surface area contributed by atoms with E-state index in [1.807, 2.05) is 0 Å². The summed E-state index contributed by atoms with van der Waals surface area (Å²) in [4.78, 5) is 39.4. The normalized spacial score (nSPS) is 13.9. The van der Waals surface area contributed by atoms with Crippen molar-refractivity contribution in [2.24, 2.45) is 5.73 Å². The van der Waals surface area contributed by atoms with E-state index in [9.17, 15) is 14.4 Å². The molecule has 1 aliphatic rings. The Kier molecular flexibility index (Phi) is 6.28. The molecule has 3 amide bonds. The van der Waals surface area contributed by atoms with Gasteiger partial charge in [0.1, 0.15) is 0 Å². The van der Waals surface area contributed by atoms with Gasteiger partial charge in [-0.05, 0) is 24.3 Å². The van der Waals surface area contributed by atoms with E-state index in [1.165, 1.54) is 25.5 Å². The minimum Gasteiger partial charge on any atom is -0.493 e. The first kappa shape index (κ1) is 20.5. The van der Waals surface area contributed by atoms with E-state index in [0.29, 0.717) is 31.7 Å². The highest BCUT2D eigenvalue weighted by Crippen LogP contribution is 2.36. The molecule has 29 heavy (non-hydrogen) atoms. The number of nitrogens with zero attached hydrogens (tertiary/aromatic N) is 2. The van der Waals surface area contributed by atoms with Gasteiger partial charge in [0, 0.05) is 31.7 Å². The predicted octanol–water partition coefficient (Wildman–Crippen LogP) is 1.40. The molecule has 0 radical (unpaired) electrons. The molecule has 0 unspecified atom stereocenters. The van der Waals surface area contributed by atoms with Crippen molar-refractivity contribution < 1.29 is 28.3 Å². The highest BCUT2D eigenvalue weighted by molar-refractivity contribution is 6.32. The van der Waals surface area contributed by atoms with Gasteiger partial charge in [0.2, 0.25) is 0 Å². The number of rotatable bonds is 6. The van der Waals surface area contributed by atoms with E-state index in [-0.39, 0.29) is 40.7 Å². The first-order valence-corrected chi connectivity index (χ1v) is 9.19. The Bertz CT molecular complexity index is 907.